The van der Waals surface area contributed by atoms with Gasteiger partial charge in [-0.25, -0.2) is 9.97 Å². The second kappa shape index (κ2) is 7.67. The van der Waals surface area contributed by atoms with Crippen molar-refractivity contribution >= 4 is 17.2 Å². The Morgan fingerprint density at radius 1 is 1.12 bits per heavy atom. The van der Waals surface area contributed by atoms with Gasteiger partial charge in [0.2, 0.25) is 0 Å². The number of aromatic nitrogens is 5. The summed E-state index contributed by atoms with van der Waals surface area (Å²) in [7, 11) is 0. The number of nitrogens with one attached hydrogen (secondary N) is 1. The molecular weight excluding hydrogens is 414 g/mol. The fourth-order valence-corrected chi connectivity index (χ4v) is 4.55. The molecule has 4 aromatic heterocycles. The molecule has 0 saturated carbocycles. The van der Waals surface area contributed by atoms with E-state index in [0.29, 0.717) is 0 Å². The van der Waals surface area contributed by atoms with Crippen molar-refractivity contribution in [1.29, 1.82) is 0 Å². The quantitative estimate of drug-likeness (QED) is 0.374. The van der Waals surface area contributed by atoms with Crippen molar-refractivity contribution in [1.82, 2.24) is 23.9 Å². The fourth-order valence-electron chi connectivity index (χ4n) is 4.55. The van der Waals surface area contributed by atoms with Crippen LogP contribution in [-0.4, -0.2) is 23.9 Å². The van der Waals surface area contributed by atoms with E-state index in [-0.39, 0.29) is 6.04 Å². The van der Waals surface area contributed by atoms with E-state index in [0.717, 1.165) is 63.9 Å². The summed E-state index contributed by atoms with van der Waals surface area (Å²) in [5, 5.41) is 6.83. The maximum absolute atomic E-state index is 11.1. The van der Waals surface area contributed by atoms with Crippen LogP contribution in [0.5, 0.6) is 0 Å². The summed E-state index contributed by atoms with van der Waals surface area (Å²) in [6.07, 6.45) is 10.8. The van der Waals surface area contributed by atoms with Crippen molar-refractivity contribution in [2.75, 3.05) is 5.32 Å². The summed E-state index contributed by atoms with van der Waals surface area (Å²) in [5.74, 6) is 1.67. The largest absolute Gasteiger partial charge is 0.339 e. The maximum atomic E-state index is 11.1. The Kier molecular flexibility index (Phi) is 4.50. The summed E-state index contributed by atoms with van der Waals surface area (Å²) < 4.78 is 4.03. The van der Waals surface area contributed by atoms with Gasteiger partial charge in [-0.2, -0.15) is 4.91 Å². The molecule has 0 amide bonds. The summed E-state index contributed by atoms with van der Waals surface area (Å²) in [5.41, 5.74) is 6.72. The first-order valence-electron chi connectivity index (χ1n) is 10.9. The molecule has 0 bridgehead atoms. The highest BCUT2D eigenvalue weighted by atomic mass is 16.3. The molecule has 6 rings (SSSR count). The van der Waals surface area contributed by atoms with Gasteiger partial charge in [0.1, 0.15) is 23.4 Å². The predicted molar refractivity (Wildman–Crippen MR) is 127 cm³/mol. The molecule has 1 aliphatic rings. The van der Waals surface area contributed by atoms with Crippen LogP contribution >= 0.6 is 0 Å². The Labute approximate surface area is 189 Å². The lowest BCUT2D eigenvalue weighted by Gasteiger charge is -2.12. The zero-order valence-electron chi connectivity index (χ0n) is 18.0. The molecule has 0 spiro atoms. The normalized spacial score (nSPS) is 15.0. The van der Waals surface area contributed by atoms with Gasteiger partial charge < -0.3 is 5.32 Å². The SMILES string of the molecule is Cc1ccnc(-n2cccc2-c2nc3cnccn3c2Nc2ccc3c(c2)CCC3N=O)c1. The molecule has 0 fully saturated rings. The van der Waals surface area contributed by atoms with Crippen molar-refractivity contribution in [2.45, 2.75) is 25.8 Å². The first-order valence-corrected chi connectivity index (χ1v) is 10.9. The molecule has 8 nitrogen and oxygen atoms in total. The highest BCUT2D eigenvalue weighted by Crippen LogP contribution is 2.37. The molecule has 0 aliphatic heterocycles. The van der Waals surface area contributed by atoms with Crippen LogP contribution < -0.4 is 5.32 Å². The number of pyridine rings is 1. The minimum absolute atomic E-state index is 0.239. The van der Waals surface area contributed by atoms with E-state index in [1.54, 1.807) is 12.4 Å². The van der Waals surface area contributed by atoms with Crippen LogP contribution in [0.15, 0.2) is 78.6 Å². The van der Waals surface area contributed by atoms with Crippen molar-refractivity contribution in [2.24, 2.45) is 5.18 Å². The third kappa shape index (κ3) is 3.27. The first-order chi connectivity index (χ1) is 16.2. The molecule has 1 N–H and O–H groups in total. The van der Waals surface area contributed by atoms with Gasteiger partial charge in [0, 0.05) is 30.5 Å². The molecule has 33 heavy (non-hydrogen) atoms. The number of nitroso groups, excluding NO2 is 1. The van der Waals surface area contributed by atoms with E-state index in [2.05, 4.69) is 33.5 Å². The van der Waals surface area contributed by atoms with E-state index >= 15 is 0 Å². The van der Waals surface area contributed by atoms with Crippen LogP contribution in [0.25, 0.3) is 22.9 Å². The topological polar surface area (TPSA) is 89.5 Å². The zero-order chi connectivity index (χ0) is 22.4. The van der Waals surface area contributed by atoms with Gasteiger partial charge in [-0.1, -0.05) is 11.2 Å². The van der Waals surface area contributed by atoms with Crippen LogP contribution in [0.3, 0.4) is 0 Å². The van der Waals surface area contributed by atoms with Gasteiger partial charge in [0.05, 0.1) is 11.9 Å². The van der Waals surface area contributed by atoms with Gasteiger partial charge in [0.15, 0.2) is 5.65 Å². The highest BCUT2D eigenvalue weighted by Gasteiger charge is 2.24. The third-order valence-electron chi connectivity index (χ3n) is 6.15. The van der Waals surface area contributed by atoms with Gasteiger partial charge in [-0.05, 0) is 72.9 Å². The zero-order valence-corrected chi connectivity index (χ0v) is 18.0. The average Bonchev–Trinajstić information content (AvgIpc) is 3.56. The number of hydrogen-bond donors (Lipinski definition) is 1. The molecule has 5 aromatic rings. The van der Waals surface area contributed by atoms with E-state index in [1.807, 2.05) is 64.0 Å². The van der Waals surface area contributed by atoms with E-state index in [1.165, 1.54) is 0 Å². The number of fused-ring (bicyclic) bond motifs is 2. The Balaban J connectivity index is 1.47. The Morgan fingerprint density at radius 3 is 2.94 bits per heavy atom. The van der Waals surface area contributed by atoms with E-state index in [4.69, 9.17) is 4.98 Å². The Hall–Kier alpha value is -4.33. The van der Waals surface area contributed by atoms with Gasteiger partial charge in [-0.15, -0.1) is 0 Å². The number of nitrogens with zero attached hydrogens (tertiary/aromatic N) is 6. The summed E-state index contributed by atoms with van der Waals surface area (Å²) in [6, 6.07) is 13.9. The van der Waals surface area contributed by atoms with Crippen molar-refractivity contribution in [3.05, 3.63) is 95.0 Å². The fraction of sp³-hybridized carbons (Fsp3) is 0.160. The molecular formula is C25H21N7O. The van der Waals surface area contributed by atoms with Crippen LogP contribution in [0.4, 0.5) is 11.5 Å². The number of rotatable bonds is 5. The lowest BCUT2D eigenvalue weighted by atomic mass is 10.1. The number of aryl methyl sites for hydroxylation is 2. The molecule has 1 aromatic carbocycles. The van der Waals surface area contributed by atoms with Gasteiger partial charge >= 0.3 is 0 Å². The lowest BCUT2D eigenvalue weighted by Crippen LogP contribution is -2.02. The number of anilines is 2. The third-order valence-corrected chi connectivity index (χ3v) is 6.15. The standard InChI is InChI=1S/C25H21N7O/c1-16-8-9-27-22(13-16)31-11-2-3-21(31)24-25(32-12-10-26-15-23(32)29-24)28-18-5-6-19-17(14-18)4-7-20(19)30-33/h2-3,5-6,8-15,20,28H,4,7H2,1H3. The Morgan fingerprint density at radius 2 is 2.06 bits per heavy atom. The molecule has 1 aliphatic carbocycles. The molecule has 4 heterocycles. The van der Waals surface area contributed by atoms with Crippen LogP contribution in [0.1, 0.15) is 29.2 Å². The predicted octanol–water partition coefficient (Wildman–Crippen LogP) is 5.39. The van der Waals surface area contributed by atoms with Crippen LogP contribution in [0, 0.1) is 11.8 Å². The molecule has 1 atom stereocenters. The first kappa shape index (κ1) is 19.4. The van der Waals surface area contributed by atoms with Gasteiger partial charge in [-0.3, -0.25) is 14.0 Å². The number of benzene rings is 1. The highest BCUT2D eigenvalue weighted by molar-refractivity contribution is 5.79. The van der Waals surface area contributed by atoms with Crippen LogP contribution in [0.2, 0.25) is 0 Å². The van der Waals surface area contributed by atoms with E-state index in [9.17, 15) is 4.91 Å². The monoisotopic (exact) mass is 435 g/mol. The minimum atomic E-state index is -0.239. The second-order valence-electron chi connectivity index (χ2n) is 8.27. The number of hydrogen-bond acceptors (Lipinski definition) is 6. The summed E-state index contributed by atoms with van der Waals surface area (Å²) in [6.45, 7) is 2.05. The molecule has 0 saturated heterocycles. The summed E-state index contributed by atoms with van der Waals surface area (Å²) >= 11 is 0. The van der Waals surface area contributed by atoms with Crippen molar-refractivity contribution in [3.8, 4) is 17.2 Å². The molecule has 8 heteroatoms. The van der Waals surface area contributed by atoms with E-state index < -0.39 is 0 Å². The molecule has 1 unspecified atom stereocenters. The average molecular weight is 435 g/mol. The van der Waals surface area contributed by atoms with Crippen molar-refractivity contribution < 1.29 is 0 Å². The number of imidazole rings is 1. The second-order valence-corrected chi connectivity index (χ2v) is 8.27. The van der Waals surface area contributed by atoms with Crippen LogP contribution in [-0.2, 0) is 6.42 Å². The molecule has 0 radical (unpaired) electrons. The Bertz CT molecular complexity index is 1500. The smallest absolute Gasteiger partial charge is 0.157 e. The molecule has 162 valence electrons. The summed E-state index contributed by atoms with van der Waals surface area (Å²) in [4.78, 5) is 24.8. The van der Waals surface area contributed by atoms with Gasteiger partial charge in [0.25, 0.3) is 0 Å². The minimum Gasteiger partial charge on any atom is -0.339 e. The van der Waals surface area contributed by atoms with Crippen molar-refractivity contribution in [3.63, 3.8) is 0 Å². The lowest BCUT2D eigenvalue weighted by molar-refractivity contribution is 0.710. The maximum Gasteiger partial charge on any atom is 0.157 e.